The highest BCUT2D eigenvalue weighted by Gasteiger charge is 2.51. The second-order valence-corrected chi connectivity index (χ2v) is 5.67. The van der Waals surface area contributed by atoms with E-state index in [1.165, 1.54) is 12.1 Å². The summed E-state index contributed by atoms with van der Waals surface area (Å²) in [6.45, 7) is 7.83. The standard InChI is InChI=1S/C12H15BClFO2/c1-11(2)12(3,4)17-13(16-11)8-5-6-9(14)10(15)7-8/h5-7H,1-4H3. The summed E-state index contributed by atoms with van der Waals surface area (Å²) in [4.78, 5) is 0. The highest BCUT2D eigenvalue weighted by Crippen LogP contribution is 2.36. The van der Waals surface area contributed by atoms with Gasteiger partial charge >= 0.3 is 7.12 Å². The van der Waals surface area contributed by atoms with E-state index in [0.717, 1.165) is 0 Å². The van der Waals surface area contributed by atoms with Crippen molar-refractivity contribution in [3.63, 3.8) is 0 Å². The molecule has 0 amide bonds. The molecular weight excluding hydrogens is 241 g/mol. The van der Waals surface area contributed by atoms with E-state index in [-0.39, 0.29) is 5.02 Å². The fourth-order valence-corrected chi connectivity index (χ4v) is 1.76. The Hall–Kier alpha value is -0.575. The maximum absolute atomic E-state index is 13.4. The molecule has 17 heavy (non-hydrogen) atoms. The van der Waals surface area contributed by atoms with E-state index in [2.05, 4.69) is 0 Å². The summed E-state index contributed by atoms with van der Waals surface area (Å²) in [7, 11) is -0.549. The van der Waals surface area contributed by atoms with Crippen LogP contribution in [0.15, 0.2) is 18.2 Å². The van der Waals surface area contributed by atoms with E-state index >= 15 is 0 Å². The van der Waals surface area contributed by atoms with Crippen molar-refractivity contribution in [3.8, 4) is 0 Å². The molecule has 1 aromatic carbocycles. The molecule has 1 aliphatic heterocycles. The molecule has 0 aromatic heterocycles. The molecule has 0 aliphatic carbocycles. The molecule has 0 spiro atoms. The number of rotatable bonds is 1. The van der Waals surface area contributed by atoms with Crippen LogP contribution in [0.25, 0.3) is 0 Å². The van der Waals surface area contributed by atoms with Gasteiger partial charge in [0.25, 0.3) is 0 Å². The van der Waals surface area contributed by atoms with Crippen LogP contribution in [0.4, 0.5) is 4.39 Å². The average Bonchev–Trinajstić information content (AvgIpc) is 2.41. The number of benzene rings is 1. The first-order valence-corrected chi connectivity index (χ1v) is 5.91. The van der Waals surface area contributed by atoms with E-state index in [0.29, 0.717) is 5.46 Å². The van der Waals surface area contributed by atoms with Crippen LogP contribution in [-0.4, -0.2) is 18.3 Å². The minimum Gasteiger partial charge on any atom is -0.399 e. The Morgan fingerprint density at radius 1 is 1.12 bits per heavy atom. The van der Waals surface area contributed by atoms with Gasteiger partial charge in [-0.2, -0.15) is 0 Å². The largest absolute Gasteiger partial charge is 0.494 e. The molecule has 1 aromatic rings. The molecule has 0 saturated carbocycles. The van der Waals surface area contributed by atoms with Gasteiger partial charge in [-0.3, -0.25) is 0 Å². The van der Waals surface area contributed by atoms with Gasteiger partial charge in [0.15, 0.2) is 0 Å². The molecule has 0 atom stereocenters. The lowest BCUT2D eigenvalue weighted by molar-refractivity contribution is 0.00578. The molecule has 2 nitrogen and oxygen atoms in total. The van der Waals surface area contributed by atoms with Gasteiger partial charge in [-0.05, 0) is 45.3 Å². The van der Waals surface area contributed by atoms with Gasteiger partial charge in [-0.1, -0.05) is 17.7 Å². The van der Waals surface area contributed by atoms with Gasteiger partial charge in [0, 0.05) is 0 Å². The minimum atomic E-state index is -0.549. The third kappa shape index (κ3) is 2.22. The minimum absolute atomic E-state index is 0.102. The van der Waals surface area contributed by atoms with E-state index in [1.54, 1.807) is 6.07 Å². The van der Waals surface area contributed by atoms with Gasteiger partial charge in [0.1, 0.15) is 5.82 Å². The Morgan fingerprint density at radius 3 is 2.12 bits per heavy atom. The second-order valence-electron chi connectivity index (χ2n) is 5.26. The van der Waals surface area contributed by atoms with Crippen molar-refractivity contribution >= 4 is 24.2 Å². The van der Waals surface area contributed by atoms with Crippen molar-refractivity contribution in [3.05, 3.63) is 29.0 Å². The molecule has 1 fully saturated rings. The quantitative estimate of drug-likeness (QED) is 0.719. The normalized spacial score (nSPS) is 21.9. The van der Waals surface area contributed by atoms with Crippen LogP contribution in [0.1, 0.15) is 27.7 Å². The molecule has 2 rings (SSSR count). The number of hydrogen-bond acceptors (Lipinski definition) is 2. The van der Waals surface area contributed by atoms with Gasteiger partial charge < -0.3 is 9.31 Å². The van der Waals surface area contributed by atoms with Gasteiger partial charge in [0.05, 0.1) is 16.2 Å². The monoisotopic (exact) mass is 256 g/mol. The molecule has 1 heterocycles. The predicted molar refractivity (Wildman–Crippen MR) is 67.1 cm³/mol. The molecule has 0 radical (unpaired) electrons. The first-order valence-electron chi connectivity index (χ1n) is 5.53. The number of halogens is 2. The average molecular weight is 257 g/mol. The predicted octanol–water partition coefficient (Wildman–Crippen LogP) is 2.78. The Balaban J connectivity index is 2.29. The summed E-state index contributed by atoms with van der Waals surface area (Å²) < 4.78 is 25.0. The molecule has 5 heteroatoms. The molecule has 0 N–H and O–H groups in total. The fraction of sp³-hybridized carbons (Fsp3) is 0.500. The van der Waals surface area contributed by atoms with Crippen LogP contribution in [0.5, 0.6) is 0 Å². The summed E-state index contributed by atoms with van der Waals surface area (Å²) in [5.41, 5.74) is -0.202. The van der Waals surface area contributed by atoms with E-state index < -0.39 is 24.1 Å². The highest BCUT2D eigenvalue weighted by atomic mass is 35.5. The van der Waals surface area contributed by atoms with Crippen molar-refractivity contribution < 1.29 is 13.7 Å². The molecule has 0 unspecified atom stereocenters. The highest BCUT2D eigenvalue weighted by molar-refractivity contribution is 6.62. The van der Waals surface area contributed by atoms with E-state index in [1.807, 2.05) is 27.7 Å². The third-order valence-electron chi connectivity index (χ3n) is 3.47. The van der Waals surface area contributed by atoms with Crippen molar-refractivity contribution in [2.75, 3.05) is 0 Å². The van der Waals surface area contributed by atoms with Crippen molar-refractivity contribution in [2.45, 2.75) is 38.9 Å². The molecule has 92 valence electrons. The van der Waals surface area contributed by atoms with Crippen molar-refractivity contribution in [1.82, 2.24) is 0 Å². The zero-order valence-electron chi connectivity index (χ0n) is 10.4. The zero-order valence-corrected chi connectivity index (χ0v) is 11.1. The Morgan fingerprint density at radius 2 is 1.65 bits per heavy atom. The first-order chi connectivity index (χ1) is 7.73. The smallest absolute Gasteiger partial charge is 0.399 e. The third-order valence-corrected chi connectivity index (χ3v) is 3.78. The van der Waals surface area contributed by atoms with Crippen LogP contribution in [0.2, 0.25) is 5.02 Å². The van der Waals surface area contributed by atoms with Gasteiger partial charge in [-0.15, -0.1) is 0 Å². The number of hydrogen-bond donors (Lipinski definition) is 0. The van der Waals surface area contributed by atoms with Crippen LogP contribution >= 0.6 is 11.6 Å². The topological polar surface area (TPSA) is 18.5 Å². The van der Waals surface area contributed by atoms with Crippen molar-refractivity contribution in [2.24, 2.45) is 0 Å². The van der Waals surface area contributed by atoms with E-state index in [4.69, 9.17) is 20.9 Å². The Labute approximate surface area is 106 Å². The van der Waals surface area contributed by atoms with E-state index in [9.17, 15) is 4.39 Å². The lowest BCUT2D eigenvalue weighted by Gasteiger charge is -2.32. The summed E-state index contributed by atoms with van der Waals surface area (Å²) in [5, 5.41) is 0.102. The van der Waals surface area contributed by atoms with Crippen molar-refractivity contribution in [1.29, 1.82) is 0 Å². The maximum Gasteiger partial charge on any atom is 0.494 e. The summed E-state index contributed by atoms with van der Waals surface area (Å²) in [5.74, 6) is -0.459. The molecule has 1 saturated heterocycles. The van der Waals surface area contributed by atoms with Gasteiger partial charge in [0.2, 0.25) is 0 Å². The second kappa shape index (κ2) is 3.97. The molecular formula is C12H15BClFO2. The summed E-state index contributed by atoms with van der Waals surface area (Å²) in [6, 6.07) is 4.58. The van der Waals surface area contributed by atoms with Crippen LogP contribution < -0.4 is 5.46 Å². The van der Waals surface area contributed by atoms with Crippen LogP contribution in [0.3, 0.4) is 0 Å². The molecule has 1 aliphatic rings. The Kier molecular flexibility index (Phi) is 3.01. The van der Waals surface area contributed by atoms with Gasteiger partial charge in [-0.25, -0.2) is 4.39 Å². The van der Waals surface area contributed by atoms with Crippen LogP contribution in [-0.2, 0) is 9.31 Å². The summed E-state index contributed by atoms with van der Waals surface area (Å²) in [6.07, 6.45) is 0. The Bertz CT molecular complexity index is 432. The molecule has 0 bridgehead atoms. The summed E-state index contributed by atoms with van der Waals surface area (Å²) >= 11 is 5.64. The fourth-order valence-electron chi connectivity index (χ4n) is 1.64. The van der Waals surface area contributed by atoms with Crippen LogP contribution in [0, 0.1) is 5.82 Å². The zero-order chi connectivity index (χ0) is 12.8. The SMILES string of the molecule is CC1(C)OB(c2ccc(Cl)c(F)c2)OC1(C)C. The lowest BCUT2D eigenvalue weighted by Crippen LogP contribution is -2.41. The first kappa shape index (κ1) is 12.9. The maximum atomic E-state index is 13.4. The lowest BCUT2D eigenvalue weighted by atomic mass is 9.79.